The van der Waals surface area contributed by atoms with E-state index in [1.807, 2.05) is 48.5 Å². The van der Waals surface area contributed by atoms with Crippen LogP contribution in [0.25, 0.3) is 0 Å². The standard InChI is InChI=1S/C21H17Br2NO3/c1-26-20-8-7-17(12-16(20)9-14-5-3-2-4-6-14)27-21-18(22)10-15(13-24-25)11-19(21)23/h2-8,10-13,25H,9H2,1H3/b24-13+. The van der Waals surface area contributed by atoms with Crippen molar-refractivity contribution in [1.29, 1.82) is 0 Å². The summed E-state index contributed by atoms with van der Waals surface area (Å²) in [5, 5.41) is 11.8. The Kier molecular flexibility index (Phi) is 6.53. The largest absolute Gasteiger partial charge is 0.496 e. The summed E-state index contributed by atoms with van der Waals surface area (Å²) in [6, 6.07) is 19.6. The van der Waals surface area contributed by atoms with Gasteiger partial charge < -0.3 is 14.7 Å². The van der Waals surface area contributed by atoms with Gasteiger partial charge in [0, 0.05) is 12.0 Å². The van der Waals surface area contributed by atoms with Crippen LogP contribution < -0.4 is 9.47 Å². The van der Waals surface area contributed by atoms with E-state index in [4.69, 9.17) is 14.7 Å². The molecular weight excluding hydrogens is 474 g/mol. The molecule has 0 saturated carbocycles. The number of methoxy groups -OCH3 is 1. The molecule has 4 nitrogen and oxygen atoms in total. The van der Waals surface area contributed by atoms with Gasteiger partial charge in [0.25, 0.3) is 0 Å². The summed E-state index contributed by atoms with van der Waals surface area (Å²) in [6.07, 6.45) is 2.10. The molecule has 0 amide bonds. The van der Waals surface area contributed by atoms with Gasteiger partial charge in [0.1, 0.15) is 11.5 Å². The van der Waals surface area contributed by atoms with Crippen LogP contribution in [0.1, 0.15) is 16.7 Å². The van der Waals surface area contributed by atoms with Gasteiger partial charge in [0.15, 0.2) is 5.75 Å². The first kappa shape index (κ1) is 19.5. The van der Waals surface area contributed by atoms with Crippen LogP contribution in [0, 0.1) is 0 Å². The number of ether oxygens (including phenoxy) is 2. The molecule has 0 aliphatic rings. The molecule has 0 aliphatic carbocycles. The molecule has 6 heteroatoms. The van der Waals surface area contributed by atoms with E-state index < -0.39 is 0 Å². The maximum absolute atomic E-state index is 8.70. The van der Waals surface area contributed by atoms with Crippen LogP contribution >= 0.6 is 31.9 Å². The zero-order chi connectivity index (χ0) is 19.2. The van der Waals surface area contributed by atoms with Crippen LogP contribution in [0.3, 0.4) is 0 Å². The van der Waals surface area contributed by atoms with Crippen molar-refractivity contribution in [1.82, 2.24) is 0 Å². The van der Waals surface area contributed by atoms with Gasteiger partial charge in [0.2, 0.25) is 0 Å². The van der Waals surface area contributed by atoms with Crippen molar-refractivity contribution >= 4 is 38.1 Å². The fourth-order valence-electron chi connectivity index (χ4n) is 2.71. The SMILES string of the molecule is COc1ccc(Oc2c(Br)cc(/C=N/O)cc2Br)cc1Cc1ccccc1. The lowest BCUT2D eigenvalue weighted by Crippen LogP contribution is -1.96. The Morgan fingerprint density at radius 1 is 1.00 bits per heavy atom. The molecule has 0 atom stereocenters. The van der Waals surface area contributed by atoms with Crippen molar-refractivity contribution in [2.45, 2.75) is 6.42 Å². The van der Waals surface area contributed by atoms with Gasteiger partial charge in [-0.3, -0.25) is 0 Å². The first-order valence-corrected chi connectivity index (χ1v) is 9.74. The van der Waals surface area contributed by atoms with E-state index in [0.717, 1.165) is 32.2 Å². The van der Waals surface area contributed by atoms with E-state index >= 15 is 0 Å². The molecule has 138 valence electrons. The first-order chi connectivity index (χ1) is 13.1. The van der Waals surface area contributed by atoms with Crippen LogP contribution in [0.2, 0.25) is 0 Å². The van der Waals surface area contributed by atoms with E-state index in [9.17, 15) is 0 Å². The minimum atomic E-state index is 0.640. The molecule has 1 N–H and O–H groups in total. The Morgan fingerprint density at radius 3 is 2.33 bits per heavy atom. The average Bonchev–Trinajstić information content (AvgIpc) is 2.66. The van der Waals surface area contributed by atoms with Gasteiger partial charge in [-0.1, -0.05) is 35.5 Å². The zero-order valence-corrected chi connectivity index (χ0v) is 17.7. The molecule has 0 heterocycles. The molecule has 0 fully saturated rings. The van der Waals surface area contributed by atoms with E-state index in [1.165, 1.54) is 11.8 Å². The van der Waals surface area contributed by atoms with Crippen LogP contribution in [0.5, 0.6) is 17.2 Å². The Hall–Kier alpha value is -2.31. The van der Waals surface area contributed by atoms with E-state index in [0.29, 0.717) is 11.5 Å². The Bertz CT molecular complexity index is 936. The monoisotopic (exact) mass is 489 g/mol. The second-order valence-electron chi connectivity index (χ2n) is 5.80. The molecular formula is C21H17Br2NO3. The molecule has 0 bridgehead atoms. The molecule has 3 aromatic carbocycles. The topological polar surface area (TPSA) is 51.0 Å². The predicted molar refractivity (Wildman–Crippen MR) is 114 cm³/mol. The number of oxime groups is 1. The third-order valence-electron chi connectivity index (χ3n) is 3.94. The number of hydrogen-bond donors (Lipinski definition) is 1. The minimum Gasteiger partial charge on any atom is -0.496 e. The molecule has 0 spiro atoms. The van der Waals surface area contributed by atoms with Crippen molar-refractivity contribution in [2.24, 2.45) is 5.16 Å². The normalized spacial score (nSPS) is 10.9. The predicted octanol–water partition coefficient (Wildman–Crippen LogP) is 6.41. The maximum Gasteiger partial charge on any atom is 0.155 e. The molecule has 0 saturated heterocycles. The van der Waals surface area contributed by atoms with Gasteiger partial charge in [-0.05, 0) is 73.3 Å². The van der Waals surface area contributed by atoms with E-state index in [1.54, 1.807) is 7.11 Å². The van der Waals surface area contributed by atoms with Crippen LogP contribution in [0.15, 0.2) is 74.8 Å². The number of rotatable bonds is 6. The van der Waals surface area contributed by atoms with E-state index in [-0.39, 0.29) is 0 Å². The number of nitrogens with zero attached hydrogens (tertiary/aromatic N) is 1. The summed E-state index contributed by atoms with van der Waals surface area (Å²) < 4.78 is 13.1. The van der Waals surface area contributed by atoms with Gasteiger partial charge in [0.05, 0.1) is 22.3 Å². The summed E-state index contributed by atoms with van der Waals surface area (Å²) in [4.78, 5) is 0. The highest BCUT2D eigenvalue weighted by atomic mass is 79.9. The number of benzene rings is 3. The van der Waals surface area contributed by atoms with Crippen molar-refractivity contribution in [3.63, 3.8) is 0 Å². The molecule has 0 unspecified atom stereocenters. The van der Waals surface area contributed by atoms with Crippen molar-refractivity contribution in [3.05, 3.63) is 86.3 Å². The summed E-state index contributed by atoms with van der Waals surface area (Å²) in [6.45, 7) is 0. The smallest absolute Gasteiger partial charge is 0.155 e. The number of hydrogen-bond acceptors (Lipinski definition) is 4. The molecule has 0 aromatic heterocycles. The Labute approximate surface area is 174 Å². The van der Waals surface area contributed by atoms with Crippen LogP contribution in [0.4, 0.5) is 0 Å². The lowest BCUT2D eigenvalue weighted by Gasteiger charge is -2.14. The minimum absolute atomic E-state index is 0.640. The second-order valence-corrected chi connectivity index (χ2v) is 7.51. The second kappa shape index (κ2) is 9.06. The van der Waals surface area contributed by atoms with Gasteiger partial charge in [-0.15, -0.1) is 0 Å². The van der Waals surface area contributed by atoms with Gasteiger partial charge >= 0.3 is 0 Å². The average molecular weight is 491 g/mol. The maximum atomic E-state index is 8.70. The highest BCUT2D eigenvalue weighted by Crippen LogP contribution is 2.38. The van der Waals surface area contributed by atoms with Crippen LogP contribution in [-0.4, -0.2) is 18.5 Å². The van der Waals surface area contributed by atoms with Crippen molar-refractivity contribution < 1.29 is 14.7 Å². The molecule has 3 aromatic rings. The summed E-state index contributed by atoms with van der Waals surface area (Å²) in [7, 11) is 1.67. The van der Waals surface area contributed by atoms with Crippen molar-refractivity contribution in [3.8, 4) is 17.2 Å². The lowest BCUT2D eigenvalue weighted by atomic mass is 10.0. The fourth-order valence-corrected chi connectivity index (χ4v) is 4.09. The summed E-state index contributed by atoms with van der Waals surface area (Å²) in [5.74, 6) is 2.16. The molecule has 0 aliphatic heterocycles. The highest BCUT2D eigenvalue weighted by molar-refractivity contribution is 9.11. The number of halogens is 2. The summed E-state index contributed by atoms with van der Waals surface area (Å²) in [5.41, 5.74) is 2.98. The Morgan fingerprint density at radius 2 is 1.70 bits per heavy atom. The zero-order valence-electron chi connectivity index (χ0n) is 14.5. The Balaban J connectivity index is 1.91. The van der Waals surface area contributed by atoms with Gasteiger partial charge in [-0.25, -0.2) is 0 Å². The third-order valence-corrected chi connectivity index (χ3v) is 5.11. The lowest BCUT2D eigenvalue weighted by molar-refractivity contribution is 0.322. The quantitative estimate of drug-likeness (QED) is 0.246. The first-order valence-electron chi connectivity index (χ1n) is 8.16. The van der Waals surface area contributed by atoms with Crippen LogP contribution in [-0.2, 0) is 6.42 Å². The fraction of sp³-hybridized carbons (Fsp3) is 0.0952. The molecule has 3 rings (SSSR count). The third kappa shape index (κ3) is 4.90. The molecule has 27 heavy (non-hydrogen) atoms. The highest BCUT2D eigenvalue weighted by Gasteiger charge is 2.12. The van der Waals surface area contributed by atoms with Gasteiger partial charge in [-0.2, -0.15) is 0 Å². The van der Waals surface area contributed by atoms with Crippen molar-refractivity contribution in [2.75, 3.05) is 7.11 Å². The molecule has 0 radical (unpaired) electrons. The summed E-state index contributed by atoms with van der Waals surface area (Å²) >= 11 is 7.01. The van der Waals surface area contributed by atoms with E-state index in [2.05, 4.69) is 49.1 Å².